The number of H-pyrrole nitrogens is 1. The Kier molecular flexibility index (Phi) is 4.64. The van der Waals surface area contributed by atoms with Gasteiger partial charge in [0.2, 0.25) is 5.92 Å². The molecule has 2 aliphatic rings. The van der Waals surface area contributed by atoms with Gasteiger partial charge in [-0.3, -0.25) is 4.79 Å². The van der Waals surface area contributed by atoms with Crippen molar-refractivity contribution in [3.8, 4) is 0 Å². The topological polar surface area (TPSA) is 86.5 Å². The highest BCUT2D eigenvalue weighted by atomic mass is 19.3. The van der Waals surface area contributed by atoms with Gasteiger partial charge in [-0.1, -0.05) is 0 Å². The number of amides is 1. The second-order valence-corrected chi connectivity index (χ2v) is 7.00. The minimum atomic E-state index is -2.58. The molecule has 0 radical (unpaired) electrons. The number of aromatic nitrogens is 1. The number of hydrogen-bond donors (Lipinski definition) is 2. The Morgan fingerprint density at radius 1 is 1.38 bits per heavy atom. The molecule has 3 rings (SSSR count). The van der Waals surface area contributed by atoms with Gasteiger partial charge >= 0.3 is 6.09 Å². The quantitative estimate of drug-likeness (QED) is 0.880. The lowest BCUT2D eigenvalue weighted by Gasteiger charge is -2.40. The first kappa shape index (κ1) is 17.0. The van der Waals surface area contributed by atoms with Gasteiger partial charge in [-0.05, 0) is 38.0 Å². The molecule has 1 aliphatic carbocycles. The van der Waals surface area contributed by atoms with Crippen molar-refractivity contribution in [1.29, 1.82) is 0 Å². The number of nitrogens with zero attached hydrogens (tertiary/aromatic N) is 1. The molecule has 1 aromatic rings. The van der Waals surface area contributed by atoms with E-state index in [0.29, 0.717) is 44.4 Å². The molecule has 2 atom stereocenters. The van der Waals surface area contributed by atoms with Crippen LogP contribution >= 0.6 is 0 Å². The molecule has 1 aromatic heterocycles. The van der Waals surface area contributed by atoms with Crippen molar-refractivity contribution >= 4 is 6.09 Å². The van der Waals surface area contributed by atoms with E-state index in [1.165, 1.54) is 11.0 Å². The van der Waals surface area contributed by atoms with Crippen molar-refractivity contribution in [3.05, 3.63) is 22.2 Å². The first-order chi connectivity index (χ1) is 11.3. The fourth-order valence-corrected chi connectivity index (χ4v) is 4.00. The van der Waals surface area contributed by atoms with Crippen molar-refractivity contribution in [3.63, 3.8) is 0 Å². The number of carbonyl (C=O) groups is 1. The Hall–Kier alpha value is -1.86. The number of carboxylic acid groups (broad SMARTS) is 1. The second kappa shape index (κ2) is 6.57. The Labute approximate surface area is 137 Å². The fourth-order valence-electron chi connectivity index (χ4n) is 4.00. The number of likely N-dealkylation sites (tertiary alicyclic amines) is 1. The van der Waals surface area contributed by atoms with Gasteiger partial charge in [0.1, 0.15) is 5.76 Å². The summed E-state index contributed by atoms with van der Waals surface area (Å²) < 4.78 is 31.8. The smallest absolute Gasteiger partial charge is 0.407 e. The van der Waals surface area contributed by atoms with E-state index in [1.54, 1.807) is 0 Å². The maximum Gasteiger partial charge on any atom is 0.407 e. The highest BCUT2D eigenvalue weighted by molar-refractivity contribution is 5.65. The van der Waals surface area contributed by atoms with Gasteiger partial charge in [0.15, 0.2) is 0 Å². The Morgan fingerprint density at radius 2 is 2.08 bits per heavy atom. The Morgan fingerprint density at radius 3 is 2.67 bits per heavy atom. The summed E-state index contributed by atoms with van der Waals surface area (Å²) in [7, 11) is 0. The summed E-state index contributed by atoms with van der Waals surface area (Å²) >= 11 is 0. The van der Waals surface area contributed by atoms with Crippen LogP contribution in [0.4, 0.5) is 13.6 Å². The molecule has 1 aliphatic heterocycles. The molecule has 1 amide bonds. The average molecular weight is 344 g/mol. The van der Waals surface area contributed by atoms with Crippen LogP contribution in [0.15, 0.2) is 15.4 Å². The van der Waals surface area contributed by atoms with Gasteiger partial charge in [-0.25, -0.2) is 13.6 Å². The summed E-state index contributed by atoms with van der Waals surface area (Å²) in [6.07, 6.45) is 1.39. The normalized spacial score (nSPS) is 28.0. The van der Waals surface area contributed by atoms with Crippen LogP contribution in [0.2, 0.25) is 0 Å². The number of piperidine rings is 1. The van der Waals surface area contributed by atoms with Crippen molar-refractivity contribution < 1.29 is 23.2 Å². The zero-order chi connectivity index (χ0) is 17.3. The number of halogens is 2. The van der Waals surface area contributed by atoms with Crippen molar-refractivity contribution in [2.24, 2.45) is 5.92 Å². The van der Waals surface area contributed by atoms with E-state index in [9.17, 15) is 23.5 Å². The van der Waals surface area contributed by atoms with E-state index in [0.717, 1.165) is 0 Å². The monoisotopic (exact) mass is 344 g/mol. The van der Waals surface area contributed by atoms with E-state index in [4.69, 9.17) is 4.52 Å². The Bertz CT molecular complexity index is 632. The van der Waals surface area contributed by atoms with Crippen molar-refractivity contribution in [1.82, 2.24) is 10.1 Å². The highest BCUT2D eigenvalue weighted by Gasteiger charge is 2.39. The lowest BCUT2D eigenvalue weighted by molar-refractivity contribution is -0.0497. The van der Waals surface area contributed by atoms with Gasteiger partial charge in [-0.2, -0.15) is 5.16 Å². The molecule has 24 heavy (non-hydrogen) atoms. The standard InChI is InChI=1S/C16H22F2N2O4/c17-16(18)4-1-10(2-5-16)7-12-8-11(3-6-20(12)15(22)23)13-9-14(21)19-24-13/h9-12H,1-8H2,(H,19,21)(H,22,23). The van der Waals surface area contributed by atoms with E-state index in [2.05, 4.69) is 5.16 Å². The molecule has 2 unspecified atom stereocenters. The first-order valence-electron chi connectivity index (χ1n) is 8.40. The van der Waals surface area contributed by atoms with Gasteiger partial charge in [-0.15, -0.1) is 0 Å². The summed E-state index contributed by atoms with van der Waals surface area (Å²) in [6, 6.07) is 1.18. The van der Waals surface area contributed by atoms with Crippen LogP contribution in [0.1, 0.15) is 56.6 Å². The zero-order valence-corrected chi connectivity index (χ0v) is 13.3. The lowest BCUT2D eigenvalue weighted by atomic mass is 9.79. The second-order valence-electron chi connectivity index (χ2n) is 7.00. The SMILES string of the molecule is O=C(O)N1CCC(c2cc(=O)[nH]o2)CC1CC1CCC(F)(F)CC1. The molecule has 2 heterocycles. The van der Waals surface area contributed by atoms with Crippen LogP contribution in [-0.4, -0.2) is 39.8 Å². The summed E-state index contributed by atoms with van der Waals surface area (Å²) in [5.74, 6) is -1.93. The molecular formula is C16H22F2N2O4. The summed E-state index contributed by atoms with van der Waals surface area (Å²) in [5.41, 5.74) is -0.309. The predicted octanol–water partition coefficient (Wildman–Crippen LogP) is 3.41. The van der Waals surface area contributed by atoms with E-state index in [-0.39, 0.29) is 36.3 Å². The molecular weight excluding hydrogens is 322 g/mol. The van der Waals surface area contributed by atoms with Crippen LogP contribution in [-0.2, 0) is 0 Å². The number of alkyl halides is 2. The number of nitrogens with one attached hydrogen (secondary N) is 1. The van der Waals surface area contributed by atoms with E-state index >= 15 is 0 Å². The van der Waals surface area contributed by atoms with E-state index < -0.39 is 12.0 Å². The molecule has 6 nitrogen and oxygen atoms in total. The molecule has 0 bridgehead atoms. The third kappa shape index (κ3) is 3.79. The van der Waals surface area contributed by atoms with Crippen LogP contribution in [0.3, 0.4) is 0 Å². The first-order valence-corrected chi connectivity index (χ1v) is 8.40. The molecule has 0 spiro atoms. The minimum absolute atomic E-state index is 0.0189. The number of rotatable bonds is 3. The molecule has 8 heteroatoms. The molecule has 1 saturated carbocycles. The van der Waals surface area contributed by atoms with E-state index in [1.807, 2.05) is 0 Å². The van der Waals surface area contributed by atoms with Gasteiger partial charge in [0.25, 0.3) is 5.56 Å². The van der Waals surface area contributed by atoms with Crippen LogP contribution in [0.25, 0.3) is 0 Å². The Balaban J connectivity index is 1.67. The summed E-state index contributed by atoms with van der Waals surface area (Å²) in [5, 5.41) is 11.7. The molecule has 134 valence electrons. The van der Waals surface area contributed by atoms with Crippen molar-refractivity contribution in [2.45, 2.75) is 62.8 Å². The third-order valence-corrected chi connectivity index (χ3v) is 5.35. The fraction of sp³-hybridized carbons (Fsp3) is 0.750. The van der Waals surface area contributed by atoms with Crippen LogP contribution < -0.4 is 5.56 Å². The minimum Gasteiger partial charge on any atom is -0.465 e. The van der Waals surface area contributed by atoms with Crippen LogP contribution in [0, 0.1) is 5.92 Å². The maximum atomic E-state index is 13.3. The molecule has 1 saturated heterocycles. The number of aromatic amines is 1. The van der Waals surface area contributed by atoms with Gasteiger partial charge < -0.3 is 14.5 Å². The van der Waals surface area contributed by atoms with Crippen molar-refractivity contribution in [2.75, 3.05) is 6.54 Å². The predicted molar refractivity (Wildman–Crippen MR) is 81.3 cm³/mol. The largest absolute Gasteiger partial charge is 0.465 e. The number of hydrogen-bond acceptors (Lipinski definition) is 3. The lowest BCUT2D eigenvalue weighted by Crippen LogP contribution is -2.46. The zero-order valence-electron chi connectivity index (χ0n) is 13.3. The van der Waals surface area contributed by atoms with Gasteiger partial charge in [0.05, 0.1) is 0 Å². The van der Waals surface area contributed by atoms with Gasteiger partial charge in [0, 0.05) is 37.4 Å². The molecule has 2 fully saturated rings. The third-order valence-electron chi connectivity index (χ3n) is 5.35. The summed E-state index contributed by atoms with van der Waals surface area (Å²) in [6.45, 7) is 0.364. The highest BCUT2D eigenvalue weighted by Crippen LogP contribution is 2.40. The summed E-state index contributed by atoms with van der Waals surface area (Å²) in [4.78, 5) is 24.1. The molecule has 0 aromatic carbocycles. The maximum absolute atomic E-state index is 13.3. The van der Waals surface area contributed by atoms with Crippen LogP contribution in [0.5, 0.6) is 0 Å². The molecule has 2 N–H and O–H groups in total. The average Bonchev–Trinajstić information content (AvgIpc) is 2.96.